The number of halogens is 1. The first kappa shape index (κ1) is 15.3. The molecule has 6 nitrogen and oxygen atoms in total. The molecule has 0 fully saturated rings. The van der Waals surface area contributed by atoms with Gasteiger partial charge in [-0.15, -0.1) is 0 Å². The summed E-state index contributed by atoms with van der Waals surface area (Å²) in [5, 5.41) is 3.98. The summed E-state index contributed by atoms with van der Waals surface area (Å²) in [6.45, 7) is 3.91. The third-order valence-corrected chi connectivity index (χ3v) is 4.01. The van der Waals surface area contributed by atoms with E-state index in [0.717, 1.165) is 11.1 Å². The highest BCUT2D eigenvalue weighted by molar-refractivity contribution is 5.81. The van der Waals surface area contributed by atoms with Gasteiger partial charge in [0.05, 0.1) is 11.0 Å². The molecular formula is C18H15FN4O2. The lowest BCUT2D eigenvalue weighted by atomic mass is 10.2. The molecule has 2 aromatic heterocycles. The summed E-state index contributed by atoms with van der Waals surface area (Å²) in [4.78, 5) is 19.3. The summed E-state index contributed by atoms with van der Waals surface area (Å²) in [5.41, 5.74) is 2.75. The van der Waals surface area contributed by atoms with Gasteiger partial charge in [0, 0.05) is 17.2 Å². The van der Waals surface area contributed by atoms with Crippen LogP contribution in [0.2, 0.25) is 0 Å². The van der Waals surface area contributed by atoms with Crippen LogP contribution in [0.4, 0.5) is 4.39 Å². The molecule has 0 saturated carbocycles. The fourth-order valence-electron chi connectivity index (χ4n) is 2.83. The standard InChI is InChI=1S/C18H15FN4O2/c1-10(2)23-15-8-5-12(9-14(15)20-18(23)24)16-21-17(25-22-16)11-3-6-13(19)7-4-11/h3-10H,1-2H3,(H,20,24). The van der Waals surface area contributed by atoms with E-state index in [0.29, 0.717) is 22.8 Å². The number of H-pyrrole nitrogens is 1. The Hall–Kier alpha value is -3.22. The summed E-state index contributed by atoms with van der Waals surface area (Å²) in [6, 6.07) is 11.4. The normalized spacial score (nSPS) is 11.5. The summed E-state index contributed by atoms with van der Waals surface area (Å²) >= 11 is 0. The van der Waals surface area contributed by atoms with E-state index in [9.17, 15) is 9.18 Å². The molecule has 126 valence electrons. The number of aromatic nitrogens is 4. The molecule has 0 bridgehead atoms. The molecule has 0 aliphatic rings. The number of nitrogens with one attached hydrogen (secondary N) is 1. The average Bonchev–Trinajstić information content (AvgIpc) is 3.18. The topological polar surface area (TPSA) is 76.7 Å². The molecule has 2 heterocycles. The molecule has 2 aromatic carbocycles. The predicted molar refractivity (Wildman–Crippen MR) is 91.6 cm³/mol. The zero-order valence-corrected chi connectivity index (χ0v) is 13.7. The van der Waals surface area contributed by atoms with Crippen molar-refractivity contribution < 1.29 is 8.91 Å². The van der Waals surface area contributed by atoms with Crippen LogP contribution in [0.1, 0.15) is 19.9 Å². The van der Waals surface area contributed by atoms with Crippen molar-refractivity contribution in [3.63, 3.8) is 0 Å². The monoisotopic (exact) mass is 338 g/mol. The first-order valence-corrected chi connectivity index (χ1v) is 7.87. The molecule has 1 N–H and O–H groups in total. The van der Waals surface area contributed by atoms with Crippen LogP contribution in [-0.2, 0) is 0 Å². The third kappa shape index (κ3) is 2.63. The minimum Gasteiger partial charge on any atom is -0.334 e. The highest BCUT2D eigenvalue weighted by Gasteiger charge is 2.14. The highest BCUT2D eigenvalue weighted by Crippen LogP contribution is 2.25. The fraction of sp³-hybridized carbons (Fsp3) is 0.167. The summed E-state index contributed by atoms with van der Waals surface area (Å²) in [6.07, 6.45) is 0. The van der Waals surface area contributed by atoms with Crippen molar-refractivity contribution >= 4 is 11.0 Å². The predicted octanol–water partition coefficient (Wildman–Crippen LogP) is 3.77. The lowest BCUT2D eigenvalue weighted by Gasteiger charge is -2.06. The fourth-order valence-corrected chi connectivity index (χ4v) is 2.83. The molecule has 0 saturated heterocycles. The number of fused-ring (bicyclic) bond motifs is 1. The van der Waals surface area contributed by atoms with Crippen LogP contribution in [0.15, 0.2) is 51.8 Å². The number of hydrogen-bond acceptors (Lipinski definition) is 4. The highest BCUT2D eigenvalue weighted by atomic mass is 19.1. The van der Waals surface area contributed by atoms with Crippen LogP contribution in [0.3, 0.4) is 0 Å². The molecule has 4 rings (SSSR count). The van der Waals surface area contributed by atoms with Gasteiger partial charge in [-0.3, -0.25) is 4.57 Å². The zero-order valence-electron chi connectivity index (χ0n) is 13.7. The van der Waals surface area contributed by atoms with Crippen LogP contribution < -0.4 is 5.69 Å². The summed E-state index contributed by atoms with van der Waals surface area (Å²) < 4.78 is 20.0. The maximum Gasteiger partial charge on any atom is 0.326 e. The Bertz CT molecular complexity index is 1110. The Morgan fingerprint density at radius 1 is 1.12 bits per heavy atom. The van der Waals surface area contributed by atoms with Crippen LogP contribution >= 0.6 is 0 Å². The van der Waals surface area contributed by atoms with Gasteiger partial charge in [0.2, 0.25) is 5.82 Å². The second kappa shape index (κ2) is 5.70. The number of imidazole rings is 1. The minimum atomic E-state index is -0.326. The van der Waals surface area contributed by atoms with E-state index in [4.69, 9.17) is 4.52 Å². The summed E-state index contributed by atoms with van der Waals surface area (Å²) in [5.74, 6) is 0.385. The van der Waals surface area contributed by atoms with Crippen LogP contribution in [0, 0.1) is 5.82 Å². The average molecular weight is 338 g/mol. The third-order valence-electron chi connectivity index (χ3n) is 4.01. The number of hydrogen-bond donors (Lipinski definition) is 1. The molecular weight excluding hydrogens is 323 g/mol. The SMILES string of the molecule is CC(C)n1c(=O)[nH]c2cc(-c3noc(-c4ccc(F)cc4)n3)ccc21. The van der Waals surface area contributed by atoms with E-state index >= 15 is 0 Å². The lowest BCUT2D eigenvalue weighted by molar-refractivity contribution is 0.432. The van der Waals surface area contributed by atoms with E-state index in [1.54, 1.807) is 16.7 Å². The van der Waals surface area contributed by atoms with Gasteiger partial charge >= 0.3 is 5.69 Å². The van der Waals surface area contributed by atoms with E-state index in [2.05, 4.69) is 15.1 Å². The first-order valence-electron chi connectivity index (χ1n) is 7.87. The Morgan fingerprint density at radius 3 is 2.56 bits per heavy atom. The van der Waals surface area contributed by atoms with Gasteiger partial charge in [0.1, 0.15) is 5.82 Å². The summed E-state index contributed by atoms with van der Waals surface area (Å²) in [7, 11) is 0. The van der Waals surface area contributed by atoms with Crippen molar-refractivity contribution in [3.8, 4) is 22.8 Å². The van der Waals surface area contributed by atoms with Gasteiger partial charge in [-0.1, -0.05) is 5.16 Å². The van der Waals surface area contributed by atoms with Crippen molar-refractivity contribution in [3.05, 3.63) is 58.8 Å². The molecule has 0 amide bonds. The quantitative estimate of drug-likeness (QED) is 0.617. The van der Waals surface area contributed by atoms with Gasteiger partial charge in [0.25, 0.3) is 5.89 Å². The number of rotatable bonds is 3. The van der Waals surface area contributed by atoms with Crippen molar-refractivity contribution in [2.75, 3.05) is 0 Å². The van der Waals surface area contributed by atoms with Crippen LogP contribution in [-0.4, -0.2) is 19.7 Å². The molecule has 25 heavy (non-hydrogen) atoms. The van der Waals surface area contributed by atoms with Crippen LogP contribution in [0.25, 0.3) is 33.9 Å². The lowest BCUT2D eigenvalue weighted by Crippen LogP contribution is -2.18. The van der Waals surface area contributed by atoms with Crippen molar-refractivity contribution in [2.24, 2.45) is 0 Å². The second-order valence-electron chi connectivity index (χ2n) is 6.06. The number of aromatic amines is 1. The van der Waals surface area contributed by atoms with E-state index in [1.807, 2.05) is 32.0 Å². The number of benzene rings is 2. The molecule has 0 unspecified atom stereocenters. The Labute approximate surface area is 141 Å². The van der Waals surface area contributed by atoms with Gasteiger partial charge < -0.3 is 9.51 Å². The molecule has 0 aliphatic heterocycles. The maximum absolute atomic E-state index is 13.0. The van der Waals surface area contributed by atoms with Gasteiger partial charge in [0.15, 0.2) is 0 Å². The first-order chi connectivity index (χ1) is 12.0. The Kier molecular flexibility index (Phi) is 3.49. The molecule has 7 heteroatoms. The maximum atomic E-state index is 13.0. The molecule has 0 atom stereocenters. The van der Waals surface area contributed by atoms with Crippen molar-refractivity contribution in [1.82, 2.24) is 19.7 Å². The Balaban J connectivity index is 1.75. The Morgan fingerprint density at radius 2 is 1.84 bits per heavy atom. The van der Waals surface area contributed by atoms with Crippen molar-refractivity contribution in [2.45, 2.75) is 19.9 Å². The molecule has 0 radical (unpaired) electrons. The van der Waals surface area contributed by atoms with Gasteiger partial charge in [-0.05, 0) is 56.3 Å². The van der Waals surface area contributed by atoms with E-state index in [-0.39, 0.29) is 17.5 Å². The van der Waals surface area contributed by atoms with Gasteiger partial charge in [-0.25, -0.2) is 9.18 Å². The van der Waals surface area contributed by atoms with Crippen LogP contribution in [0.5, 0.6) is 0 Å². The number of nitrogens with zero attached hydrogens (tertiary/aromatic N) is 3. The van der Waals surface area contributed by atoms with Gasteiger partial charge in [-0.2, -0.15) is 4.98 Å². The molecule has 0 spiro atoms. The minimum absolute atomic E-state index is 0.0577. The molecule has 4 aromatic rings. The van der Waals surface area contributed by atoms with E-state index < -0.39 is 0 Å². The second-order valence-corrected chi connectivity index (χ2v) is 6.06. The zero-order chi connectivity index (χ0) is 17.6. The van der Waals surface area contributed by atoms with Crippen molar-refractivity contribution in [1.29, 1.82) is 0 Å². The largest absolute Gasteiger partial charge is 0.334 e. The molecule has 0 aliphatic carbocycles. The smallest absolute Gasteiger partial charge is 0.326 e. The van der Waals surface area contributed by atoms with E-state index in [1.165, 1.54) is 12.1 Å².